The summed E-state index contributed by atoms with van der Waals surface area (Å²) in [5, 5.41) is 8.30. The maximum atomic E-state index is 13.3. The summed E-state index contributed by atoms with van der Waals surface area (Å²) >= 11 is 0. The van der Waals surface area contributed by atoms with Gasteiger partial charge in [0.25, 0.3) is 0 Å². The molecule has 0 saturated heterocycles. The van der Waals surface area contributed by atoms with Crippen LogP contribution in [0.4, 0.5) is 19.3 Å². The first kappa shape index (κ1) is 14.0. The zero-order valence-corrected chi connectivity index (χ0v) is 10.7. The van der Waals surface area contributed by atoms with Crippen LogP contribution in [0.2, 0.25) is 0 Å². The number of halogens is 2. The van der Waals surface area contributed by atoms with E-state index in [0.717, 1.165) is 17.8 Å². The second-order valence-electron chi connectivity index (χ2n) is 4.16. The first-order valence-electron chi connectivity index (χ1n) is 5.97. The van der Waals surface area contributed by atoms with E-state index in [0.29, 0.717) is 12.2 Å². The highest BCUT2D eigenvalue weighted by Crippen LogP contribution is 2.17. The van der Waals surface area contributed by atoms with Crippen molar-refractivity contribution in [1.82, 2.24) is 10.5 Å². The van der Waals surface area contributed by atoms with Gasteiger partial charge in [-0.05, 0) is 19.1 Å². The van der Waals surface area contributed by atoms with Crippen LogP contribution in [-0.4, -0.2) is 17.7 Å². The minimum Gasteiger partial charge on any atom is -0.361 e. The van der Waals surface area contributed by atoms with E-state index in [1.165, 1.54) is 6.07 Å². The summed E-state index contributed by atoms with van der Waals surface area (Å²) in [5.74, 6) is -1.03. The summed E-state index contributed by atoms with van der Waals surface area (Å²) in [6.07, 6.45) is 0.439. The molecule has 0 aliphatic heterocycles. The van der Waals surface area contributed by atoms with Crippen molar-refractivity contribution in [2.45, 2.75) is 13.3 Å². The molecule has 0 fully saturated rings. The van der Waals surface area contributed by atoms with E-state index in [4.69, 9.17) is 4.52 Å². The summed E-state index contributed by atoms with van der Waals surface area (Å²) < 4.78 is 31.6. The van der Waals surface area contributed by atoms with Crippen molar-refractivity contribution in [3.63, 3.8) is 0 Å². The van der Waals surface area contributed by atoms with Gasteiger partial charge in [-0.2, -0.15) is 0 Å². The number of hydrogen-bond acceptors (Lipinski definition) is 3. The highest BCUT2D eigenvalue weighted by molar-refractivity contribution is 5.89. The van der Waals surface area contributed by atoms with Crippen LogP contribution in [0, 0.1) is 18.6 Å². The lowest BCUT2D eigenvalue weighted by molar-refractivity contribution is 0.251. The fraction of sp³-hybridized carbons (Fsp3) is 0.231. The number of nitrogens with one attached hydrogen (secondary N) is 2. The Balaban J connectivity index is 1.84. The van der Waals surface area contributed by atoms with Gasteiger partial charge in [0.2, 0.25) is 0 Å². The van der Waals surface area contributed by atoms with E-state index in [9.17, 15) is 13.6 Å². The standard InChI is InChI=1S/C13H13F2N3O2/c1-8-7-9(20-18-8)5-6-16-13(19)17-12-10(14)3-2-4-11(12)15/h2-4,7H,5-6H2,1H3,(H2,16,17,19). The van der Waals surface area contributed by atoms with Gasteiger partial charge >= 0.3 is 6.03 Å². The number of carbonyl (C=O) groups excluding carboxylic acids is 1. The highest BCUT2D eigenvalue weighted by atomic mass is 19.1. The molecule has 2 rings (SSSR count). The van der Waals surface area contributed by atoms with E-state index >= 15 is 0 Å². The molecule has 1 aromatic carbocycles. The van der Waals surface area contributed by atoms with Gasteiger partial charge in [-0.15, -0.1) is 0 Å². The highest BCUT2D eigenvalue weighted by Gasteiger charge is 2.11. The van der Waals surface area contributed by atoms with Gasteiger partial charge in [-0.3, -0.25) is 0 Å². The second-order valence-corrected chi connectivity index (χ2v) is 4.16. The van der Waals surface area contributed by atoms with Crippen LogP contribution in [0.5, 0.6) is 0 Å². The van der Waals surface area contributed by atoms with Gasteiger partial charge in [0.15, 0.2) is 0 Å². The number of anilines is 1. The average molecular weight is 281 g/mol. The topological polar surface area (TPSA) is 67.2 Å². The molecule has 2 N–H and O–H groups in total. The Morgan fingerprint density at radius 2 is 2.05 bits per heavy atom. The van der Waals surface area contributed by atoms with Gasteiger partial charge in [0.05, 0.1) is 5.69 Å². The van der Waals surface area contributed by atoms with Crippen molar-refractivity contribution in [2.75, 3.05) is 11.9 Å². The fourth-order valence-electron chi connectivity index (χ4n) is 1.61. The number of urea groups is 1. The van der Waals surface area contributed by atoms with Crippen LogP contribution in [0.1, 0.15) is 11.5 Å². The summed E-state index contributed by atoms with van der Waals surface area (Å²) in [6.45, 7) is 2.05. The van der Waals surface area contributed by atoms with Gasteiger partial charge in [-0.1, -0.05) is 11.2 Å². The predicted octanol–water partition coefficient (Wildman–Crippen LogP) is 2.63. The molecule has 0 radical (unpaired) electrons. The van der Waals surface area contributed by atoms with Crippen molar-refractivity contribution in [2.24, 2.45) is 0 Å². The number of benzene rings is 1. The summed E-state index contributed by atoms with van der Waals surface area (Å²) in [4.78, 5) is 11.5. The number of hydrogen-bond donors (Lipinski definition) is 2. The lowest BCUT2D eigenvalue weighted by Crippen LogP contribution is -2.31. The second kappa shape index (κ2) is 6.14. The molecule has 7 heteroatoms. The molecule has 0 saturated carbocycles. The zero-order valence-electron chi connectivity index (χ0n) is 10.7. The van der Waals surface area contributed by atoms with Crippen LogP contribution < -0.4 is 10.6 Å². The molecule has 0 bridgehead atoms. The maximum Gasteiger partial charge on any atom is 0.319 e. The molecule has 20 heavy (non-hydrogen) atoms. The van der Waals surface area contributed by atoms with Crippen molar-refractivity contribution >= 4 is 11.7 Å². The Hall–Kier alpha value is -2.44. The van der Waals surface area contributed by atoms with Crippen LogP contribution in [-0.2, 0) is 6.42 Å². The Kier molecular flexibility index (Phi) is 4.29. The normalized spacial score (nSPS) is 10.3. The van der Waals surface area contributed by atoms with E-state index in [1.807, 2.05) is 0 Å². The van der Waals surface area contributed by atoms with E-state index < -0.39 is 23.4 Å². The molecule has 106 valence electrons. The molecular weight excluding hydrogens is 268 g/mol. The van der Waals surface area contributed by atoms with Crippen molar-refractivity contribution in [3.05, 3.63) is 47.4 Å². The molecule has 2 aromatic rings. The Bertz CT molecular complexity index is 593. The summed E-state index contributed by atoms with van der Waals surface area (Å²) in [5.41, 5.74) is 0.276. The summed E-state index contributed by atoms with van der Waals surface area (Å²) in [7, 11) is 0. The van der Waals surface area contributed by atoms with Gasteiger partial charge in [0, 0.05) is 19.0 Å². The third-order valence-corrected chi connectivity index (χ3v) is 2.54. The number of nitrogens with zero attached hydrogens (tertiary/aromatic N) is 1. The predicted molar refractivity (Wildman–Crippen MR) is 68.3 cm³/mol. The number of aromatic nitrogens is 1. The monoisotopic (exact) mass is 281 g/mol. The number of para-hydroxylation sites is 1. The van der Waals surface area contributed by atoms with Gasteiger partial charge in [-0.25, -0.2) is 13.6 Å². The lowest BCUT2D eigenvalue weighted by atomic mass is 10.3. The smallest absolute Gasteiger partial charge is 0.319 e. The molecule has 0 atom stereocenters. The lowest BCUT2D eigenvalue weighted by Gasteiger charge is -2.08. The number of rotatable bonds is 4. The molecule has 2 amide bonds. The quantitative estimate of drug-likeness (QED) is 0.905. The van der Waals surface area contributed by atoms with Gasteiger partial charge < -0.3 is 15.2 Å². The van der Waals surface area contributed by atoms with E-state index in [2.05, 4.69) is 15.8 Å². The van der Waals surface area contributed by atoms with Gasteiger partial charge in [0.1, 0.15) is 23.1 Å². The molecular formula is C13H13F2N3O2. The first-order valence-corrected chi connectivity index (χ1v) is 5.97. The fourth-order valence-corrected chi connectivity index (χ4v) is 1.61. The Morgan fingerprint density at radius 1 is 1.35 bits per heavy atom. The largest absolute Gasteiger partial charge is 0.361 e. The zero-order chi connectivity index (χ0) is 14.5. The van der Waals surface area contributed by atoms with Crippen molar-refractivity contribution in [1.29, 1.82) is 0 Å². The summed E-state index contributed by atoms with van der Waals surface area (Å²) in [6, 6.07) is 4.41. The number of carbonyl (C=O) groups is 1. The first-order chi connectivity index (χ1) is 9.56. The van der Waals surface area contributed by atoms with Crippen LogP contribution in [0.15, 0.2) is 28.8 Å². The molecule has 0 spiro atoms. The van der Waals surface area contributed by atoms with Crippen molar-refractivity contribution in [3.8, 4) is 0 Å². The minimum absolute atomic E-state index is 0.260. The molecule has 0 aliphatic carbocycles. The van der Waals surface area contributed by atoms with Crippen molar-refractivity contribution < 1.29 is 18.1 Å². The minimum atomic E-state index is -0.828. The van der Waals surface area contributed by atoms with E-state index in [-0.39, 0.29) is 6.54 Å². The Morgan fingerprint density at radius 3 is 2.65 bits per heavy atom. The Labute approximate surface area is 114 Å². The third-order valence-electron chi connectivity index (χ3n) is 2.54. The van der Waals surface area contributed by atoms with Crippen LogP contribution in [0.3, 0.4) is 0 Å². The molecule has 0 unspecified atom stereocenters. The number of amides is 2. The third kappa shape index (κ3) is 3.53. The van der Waals surface area contributed by atoms with Crippen LogP contribution in [0.25, 0.3) is 0 Å². The molecule has 5 nitrogen and oxygen atoms in total. The molecule has 0 aliphatic rings. The number of aryl methyl sites for hydroxylation is 1. The SMILES string of the molecule is Cc1cc(CCNC(=O)Nc2c(F)cccc2F)on1. The molecule has 1 heterocycles. The average Bonchev–Trinajstić information content (AvgIpc) is 2.80. The maximum absolute atomic E-state index is 13.3. The van der Waals surface area contributed by atoms with E-state index in [1.54, 1.807) is 13.0 Å². The van der Waals surface area contributed by atoms with Crippen LogP contribution >= 0.6 is 0 Å². The molecule has 1 aromatic heterocycles.